The normalized spacial score (nSPS) is 31.1. The molecule has 2 fully saturated rings. The molecule has 3 heteroatoms. The van der Waals surface area contributed by atoms with Crippen LogP contribution in [0.5, 0.6) is 0 Å². The molecule has 2 N–H and O–H groups in total. The maximum absolute atomic E-state index is 5.68. The van der Waals surface area contributed by atoms with Gasteiger partial charge in [0.2, 0.25) is 0 Å². The topological polar surface area (TPSA) is 38.5 Å². The molecule has 2 aliphatic heterocycles. The molecule has 0 saturated carbocycles. The number of nitrogens with zero attached hydrogens (tertiary/aromatic N) is 1. The van der Waals surface area contributed by atoms with Crippen molar-refractivity contribution >= 4 is 0 Å². The van der Waals surface area contributed by atoms with Crippen LogP contribution in [0.2, 0.25) is 0 Å². The second-order valence-electron chi connectivity index (χ2n) is 4.71. The van der Waals surface area contributed by atoms with Gasteiger partial charge in [-0.3, -0.25) is 0 Å². The molecule has 3 nitrogen and oxygen atoms in total. The van der Waals surface area contributed by atoms with E-state index in [0.717, 1.165) is 31.6 Å². The summed E-state index contributed by atoms with van der Waals surface area (Å²) in [6.07, 6.45) is 3.81. The van der Waals surface area contributed by atoms with Gasteiger partial charge in [0, 0.05) is 26.3 Å². The Hall–Kier alpha value is -0.120. The van der Waals surface area contributed by atoms with E-state index >= 15 is 0 Å². The predicted octanol–water partition coefficient (Wildman–Crippen LogP) is 0.694. The number of likely N-dealkylation sites (tertiary alicyclic amines) is 1. The monoisotopic (exact) mass is 198 g/mol. The number of rotatable bonds is 3. The standard InChI is InChI=1S/C11H22N2O/c12-7-11-1-4-13(9-11)8-10-2-5-14-6-3-10/h10-11H,1-9,12H2. The van der Waals surface area contributed by atoms with Gasteiger partial charge in [-0.1, -0.05) is 0 Å². The van der Waals surface area contributed by atoms with E-state index in [2.05, 4.69) is 4.90 Å². The fourth-order valence-electron chi connectivity index (χ4n) is 2.57. The molecule has 0 aromatic carbocycles. The molecule has 2 aliphatic rings. The number of hydrogen-bond donors (Lipinski definition) is 1. The third-order valence-electron chi connectivity index (χ3n) is 3.56. The molecule has 82 valence electrons. The van der Waals surface area contributed by atoms with Gasteiger partial charge in [0.05, 0.1) is 0 Å². The first-order chi connectivity index (χ1) is 6.88. The summed E-state index contributed by atoms with van der Waals surface area (Å²) < 4.78 is 5.37. The minimum absolute atomic E-state index is 0.759. The fraction of sp³-hybridized carbons (Fsp3) is 1.00. The second kappa shape index (κ2) is 5.10. The van der Waals surface area contributed by atoms with E-state index in [1.54, 1.807) is 0 Å². The van der Waals surface area contributed by atoms with Crippen molar-refractivity contribution in [3.05, 3.63) is 0 Å². The molecular weight excluding hydrogens is 176 g/mol. The first-order valence-corrected chi connectivity index (χ1v) is 5.88. The molecule has 0 bridgehead atoms. The van der Waals surface area contributed by atoms with Gasteiger partial charge in [-0.25, -0.2) is 0 Å². The Morgan fingerprint density at radius 1 is 1.14 bits per heavy atom. The summed E-state index contributed by atoms with van der Waals surface area (Å²) in [5.74, 6) is 1.63. The summed E-state index contributed by atoms with van der Waals surface area (Å²) in [6, 6.07) is 0. The highest BCUT2D eigenvalue weighted by Crippen LogP contribution is 2.21. The van der Waals surface area contributed by atoms with Gasteiger partial charge in [0.25, 0.3) is 0 Å². The summed E-state index contributed by atoms with van der Waals surface area (Å²) >= 11 is 0. The van der Waals surface area contributed by atoms with Crippen LogP contribution >= 0.6 is 0 Å². The smallest absolute Gasteiger partial charge is 0.0469 e. The third-order valence-corrected chi connectivity index (χ3v) is 3.56. The van der Waals surface area contributed by atoms with Gasteiger partial charge < -0.3 is 15.4 Å². The first-order valence-electron chi connectivity index (χ1n) is 5.88. The minimum Gasteiger partial charge on any atom is -0.381 e. The van der Waals surface area contributed by atoms with Crippen LogP contribution in [0.3, 0.4) is 0 Å². The van der Waals surface area contributed by atoms with Crippen LogP contribution in [0.4, 0.5) is 0 Å². The van der Waals surface area contributed by atoms with Crippen LogP contribution in [0.25, 0.3) is 0 Å². The highest BCUT2D eigenvalue weighted by atomic mass is 16.5. The minimum atomic E-state index is 0.759. The summed E-state index contributed by atoms with van der Waals surface area (Å²) in [6.45, 7) is 6.58. The molecule has 0 aliphatic carbocycles. The zero-order valence-electron chi connectivity index (χ0n) is 8.95. The molecule has 2 rings (SSSR count). The van der Waals surface area contributed by atoms with Crippen molar-refractivity contribution in [1.29, 1.82) is 0 Å². The molecule has 1 unspecified atom stereocenters. The second-order valence-corrected chi connectivity index (χ2v) is 4.71. The lowest BCUT2D eigenvalue weighted by Gasteiger charge is -2.26. The van der Waals surface area contributed by atoms with Gasteiger partial charge >= 0.3 is 0 Å². The fourth-order valence-corrected chi connectivity index (χ4v) is 2.57. The lowest BCUT2D eigenvalue weighted by molar-refractivity contribution is 0.0551. The van der Waals surface area contributed by atoms with Gasteiger partial charge in [-0.05, 0) is 44.2 Å². The molecular formula is C11H22N2O. The zero-order valence-corrected chi connectivity index (χ0v) is 8.95. The van der Waals surface area contributed by atoms with Gasteiger partial charge in [0.15, 0.2) is 0 Å². The summed E-state index contributed by atoms with van der Waals surface area (Å²) in [4.78, 5) is 2.59. The highest BCUT2D eigenvalue weighted by Gasteiger charge is 2.24. The Labute approximate surface area is 86.6 Å². The Bertz CT molecular complexity index is 169. The third kappa shape index (κ3) is 2.69. The largest absolute Gasteiger partial charge is 0.381 e. The van der Waals surface area contributed by atoms with Gasteiger partial charge in [-0.2, -0.15) is 0 Å². The quantitative estimate of drug-likeness (QED) is 0.725. The lowest BCUT2D eigenvalue weighted by atomic mass is 10.00. The highest BCUT2D eigenvalue weighted by molar-refractivity contribution is 4.78. The van der Waals surface area contributed by atoms with Gasteiger partial charge in [-0.15, -0.1) is 0 Å². The summed E-state index contributed by atoms with van der Waals surface area (Å²) in [5, 5.41) is 0. The molecule has 0 amide bonds. The van der Waals surface area contributed by atoms with Crippen molar-refractivity contribution in [1.82, 2.24) is 4.90 Å². The van der Waals surface area contributed by atoms with Crippen LogP contribution in [0.1, 0.15) is 19.3 Å². The SMILES string of the molecule is NCC1CCN(CC2CCOCC2)C1. The van der Waals surface area contributed by atoms with E-state index in [4.69, 9.17) is 10.5 Å². The predicted molar refractivity (Wildman–Crippen MR) is 57.1 cm³/mol. The summed E-state index contributed by atoms with van der Waals surface area (Å²) in [5.41, 5.74) is 5.68. The Kier molecular flexibility index (Phi) is 3.79. The molecule has 0 spiro atoms. The van der Waals surface area contributed by atoms with E-state index < -0.39 is 0 Å². The van der Waals surface area contributed by atoms with Crippen LogP contribution in [-0.2, 0) is 4.74 Å². The van der Waals surface area contributed by atoms with E-state index in [-0.39, 0.29) is 0 Å². The van der Waals surface area contributed by atoms with Crippen molar-refractivity contribution in [2.24, 2.45) is 17.6 Å². The van der Waals surface area contributed by atoms with Crippen molar-refractivity contribution < 1.29 is 4.74 Å². The first kappa shape index (κ1) is 10.4. The van der Waals surface area contributed by atoms with E-state index in [9.17, 15) is 0 Å². The van der Waals surface area contributed by atoms with Crippen LogP contribution in [0.15, 0.2) is 0 Å². The molecule has 14 heavy (non-hydrogen) atoms. The van der Waals surface area contributed by atoms with Crippen LogP contribution in [0, 0.1) is 11.8 Å². The van der Waals surface area contributed by atoms with E-state index in [1.165, 1.54) is 38.9 Å². The van der Waals surface area contributed by atoms with Crippen molar-refractivity contribution in [2.75, 3.05) is 39.4 Å². The average Bonchev–Trinajstić information content (AvgIpc) is 2.67. The number of nitrogens with two attached hydrogens (primary N) is 1. The van der Waals surface area contributed by atoms with Crippen molar-refractivity contribution in [3.63, 3.8) is 0 Å². The van der Waals surface area contributed by atoms with Crippen molar-refractivity contribution in [2.45, 2.75) is 19.3 Å². The molecule has 2 saturated heterocycles. The Morgan fingerprint density at radius 2 is 1.93 bits per heavy atom. The van der Waals surface area contributed by atoms with Crippen LogP contribution < -0.4 is 5.73 Å². The summed E-state index contributed by atoms with van der Waals surface area (Å²) in [7, 11) is 0. The molecule has 1 atom stereocenters. The molecule has 0 aromatic rings. The van der Waals surface area contributed by atoms with E-state index in [0.29, 0.717) is 0 Å². The maximum Gasteiger partial charge on any atom is 0.0469 e. The number of hydrogen-bond acceptors (Lipinski definition) is 3. The van der Waals surface area contributed by atoms with Crippen LogP contribution in [-0.4, -0.2) is 44.3 Å². The zero-order chi connectivity index (χ0) is 9.80. The van der Waals surface area contributed by atoms with E-state index in [1.807, 2.05) is 0 Å². The molecule has 2 heterocycles. The Morgan fingerprint density at radius 3 is 2.57 bits per heavy atom. The van der Waals surface area contributed by atoms with Gasteiger partial charge in [0.1, 0.15) is 0 Å². The maximum atomic E-state index is 5.68. The molecule has 0 aromatic heterocycles. The van der Waals surface area contributed by atoms with Crippen molar-refractivity contribution in [3.8, 4) is 0 Å². The lowest BCUT2D eigenvalue weighted by Crippen LogP contribution is -2.31. The molecule has 0 radical (unpaired) electrons. The average molecular weight is 198 g/mol. The number of ether oxygens (including phenoxy) is 1. The Balaban J connectivity index is 1.69.